The van der Waals surface area contributed by atoms with Crippen molar-refractivity contribution in [1.29, 1.82) is 0 Å². The second-order valence-electron chi connectivity index (χ2n) is 1.95. The van der Waals surface area contributed by atoms with E-state index in [0.29, 0.717) is 0 Å². The van der Waals surface area contributed by atoms with E-state index >= 15 is 0 Å². The molecule has 74 valence electrons. The third kappa shape index (κ3) is 12.0. The zero-order chi connectivity index (χ0) is 10.2. The summed E-state index contributed by atoms with van der Waals surface area (Å²) in [5.74, 6) is -2.76. The van der Waals surface area contributed by atoms with E-state index in [-0.39, 0.29) is 0 Å². The fraction of sp³-hybridized carbons (Fsp3) is 0.833. The van der Waals surface area contributed by atoms with Gasteiger partial charge in [0.15, 0.2) is 0 Å². The molecule has 0 aliphatic rings. The molecule has 0 fully saturated rings. The summed E-state index contributed by atoms with van der Waals surface area (Å²) in [6, 6.07) is 0. The predicted octanol–water partition coefficient (Wildman–Crippen LogP) is 1.38. The fourth-order valence-corrected chi connectivity index (χ4v) is 0.204. The Labute approximate surface area is 68.4 Å². The van der Waals surface area contributed by atoms with Crippen molar-refractivity contribution in [1.82, 2.24) is 0 Å². The lowest BCUT2D eigenvalue weighted by Gasteiger charge is -1.93. The molecule has 0 rings (SSSR count). The van der Waals surface area contributed by atoms with Crippen molar-refractivity contribution in [3.63, 3.8) is 0 Å². The van der Waals surface area contributed by atoms with Crippen LogP contribution in [-0.4, -0.2) is 23.8 Å². The van der Waals surface area contributed by atoms with Crippen LogP contribution in [-0.2, 0) is 4.79 Å². The van der Waals surface area contributed by atoms with Gasteiger partial charge in [-0.1, -0.05) is 13.3 Å². The van der Waals surface area contributed by atoms with E-state index in [1.54, 1.807) is 0 Å². The van der Waals surface area contributed by atoms with Crippen LogP contribution in [0.25, 0.3) is 0 Å². The summed E-state index contributed by atoms with van der Waals surface area (Å²) >= 11 is 0. The molecule has 3 nitrogen and oxygen atoms in total. The van der Waals surface area contributed by atoms with E-state index in [1.165, 1.54) is 12.8 Å². The number of rotatable bonds is 2. The van der Waals surface area contributed by atoms with Gasteiger partial charge in [-0.15, -0.1) is 0 Å². The van der Waals surface area contributed by atoms with Gasteiger partial charge in [0.2, 0.25) is 0 Å². The van der Waals surface area contributed by atoms with E-state index in [0.717, 1.165) is 6.54 Å². The molecule has 0 unspecified atom stereocenters. The minimum absolute atomic E-state index is 0.844. The van der Waals surface area contributed by atoms with Gasteiger partial charge in [-0.05, 0) is 13.0 Å². The van der Waals surface area contributed by atoms with Crippen LogP contribution >= 0.6 is 0 Å². The van der Waals surface area contributed by atoms with E-state index in [9.17, 15) is 13.2 Å². The van der Waals surface area contributed by atoms with E-state index in [1.807, 2.05) is 0 Å². The smallest absolute Gasteiger partial charge is 0.475 e. The maximum atomic E-state index is 10.6. The van der Waals surface area contributed by atoms with E-state index in [2.05, 4.69) is 6.92 Å². The summed E-state index contributed by atoms with van der Waals surface area (Å²) in [5.41, 5.74) is 5.14. The Balaban J connectivity index is 0. The average molecular weight is 187 g/mol. The maximum Gasteiger partial charge on any atom is 0.490 e. The van der Waals surface area contributed by atoms with Gasteiger partial charge in [0.1, 0.15) is 0 Å². The second kappa shape index (κ2) is 6.90. The lowest BCUT2D eigenvalue weighted by atomic mass is 10.3. The van der Waals surface area contributed by atoms with Crippen molar-refractivity contribution < 1.29 is 23.1 Å². The van der Waals surface area contributed by atoms with Gasteiger partial charge in [0, 0.05) is 0 Å². The minimum atomic E-state index is -5.08. The van der Waals surface area contributed by atoms with Crippen LogP contribution in [0.15, 0.2) is 0 Å². The van der Waals surface area contributed by atoms with Crippen LogP contribution in [0.2, 0.25) is 0 Å². The lowest BCUT2D eigenvalue weighted by molar-refractivity contribution is -0.192. The first kappa shape index (κ1) is 13.8. The van der Waals surface area contributed by atoms with Crippen LogP contribution < -0.4 is 5.73 Å². The molecule has 0 saturated heterocycles. The standard InChI is InChI=1S/C4H11N.C2HF3O2/c1-2-3-4-5;3-2(4,5)1(6)7/h2-5H2,1H3;(H,6,7). The average Bonchev–Trinajstić information content (AvgIpc) is 1.88. The first-order chi connectivity index (χ1) is 5.36. The monoisotopic (exact) mass is 187 g/mol. The van der Waals surface area contributed by atoms with Crippen molar-refractivity contribution >= 4 is 5.97 Å². The predicted molar refractivity (Wildman–Crippen MR) is 37.7 cm³/mol. The third-order valence-corrected chi connectivity index (χ3v) is 0.800. The molecule has 12 heavy (non-hydrogen) atoms. The van der Waals surface area contributed by atoms with Gasteiger partial charge >= 0.3 is 12.1 Å². The van der Waals surface area contributed by atoms with E-state index in [4.69, 9.17) is 15.6 Å². The Morgan fingerprint density at radius 2 is 1.83 bits per heavy atom. The number of hydrogen-bond donors (Lipinski definition) is 2. The van der Waals surface area contributed by atoms with Crippen LogP contribution in [0.3, 0.4) is 0 Å². The highest BCUT2D eigenvalue weighted by Crippen LogP contribution is 2.13. The van der Waals surface area contributed by atoms with Crippen LogP contribution in [0.1, 0.15) is 19.8 Å². The summed E-state index contributed by atoms with van der Waals surface area (Å²) in [7, 11) is 0. The Morgan fingerprint density at radius 3 is 1.83 bits per heavy atom. The normalized spacial score (nSPS) is 10.1. The molecule has 0 aromatic rings. The molecule has 0 aliphatic carbocycles. The van der Waals surface area contributed by atoms with Crippen molar-refractivity contribution in [3.05, 3.63) is 0 Å². The Morgan fingerprint density at radius 1 is 1.50 bits per heavy atom. The molecule has 0 bridgehead atoms. The molecule has 0 spiro atoms. The zero-order valence-corrected chi connectivity index (χ0v) is 6.69. The molecule has 0 amide bonds. The van der Waals surface area contributed by atoms with Gasteiger partial charge in [0.05, 0.1) is 0 Å². The molecule has 0 radical (unpaired) electrons. The number of hydrogen-bond acceptors (Lipinski definition) is 2. The molecular weight excluding hydrogens is 175 g/mol. The number of nitrogens with two attached hydrogens (primary N) is 1. The lowest BCUT2D eigenvalue weighted by Crippen LogP contribution is -2.21. The van der Waals surface area contributed by atoms with Crippen LogP contribution in [0.4, 0.5) is 13.2 Å². The SMILES string of the molecule is CCCCN.O=C(O)C(F)(F)F. The Kier molecular flexibility index (Phi) is 7.93. The first-order valence-corrected chi connectivity index (χ1v) is 3.36. The van der Waals surface area contributed by atoms with Crippen LogP contribution in [0, 0.1) is 0 Å². The Hall–Kier alpha value is -0.780. The number of carboxylic acids is 1. The van der Waals surface area contributed by atoms with Gasteiger partial charge < -0.3 is 10.8 Å². The summed E-state index contributed by atoms with van der Waals surface area (Å²) in [5, 5.41) is 7.12. The summed E-state index contributed by atoms with van der Waals surface area (Å²) in [6.07, 6.45) is -2.70. The summed E-state index contributed by atoms with van der Waals surface area (Å²) < 4.78 is 31.7. The fourth-order valence-electron chi connectivity index (χ4n) is 0.204. The summed E-state index contributed by atoms with van der Waals surface area (Å²) in [4.78, 5) is 8.90. The molecule has 6 heteroatoms. The topological polar surface area (TPSA) is 63.3 Å². The molecule has 0 saturated carbocycles. The molecular formula is C6H12F3NO2. The summed E-state index contributed by atoms with van der Waals surface area (Å²) in [6.45, 7) is 2.98. The Bertz CT molecular complexity index is 122. The van der Waals surface area contributed by atoms with Crippen molar-refractivity contribution in [2.24, 2.45) is 5.73 Å². The van der Waals surface area contributed by atoms with Gasteiger partial charge in [-0.25, -0.2) is 4.79 Å². The molecule has 0 aromatic heterocycles. The highest BCUT2D eigenvalue weighted by molar-refractivity contribution is 5.73. The van der Waals surface area contributed by atoms with Crippen molar-refractivity contribution in [3.8, 4) is 0 Å². The van der Waals surface area contributed by atoms with Crippen molar-refractivity contribution in [2.45, 2.75) is 25.9 Å². The minimum Gasteiger partial charge on any atom is -0.475 e. The third-order valence-electron chi connectivity index (χ3n) is 0.800. The molecule has 0 aromatic carbocycles. The number of alkyl halides is 3. The van der Waals surface area contributed by atoms with Gasteiger partial charge in [-0.3, -0.25) is 0 Å². The largest absolute Gasteiger partial charge is 0.490 e. The van der Waals surface area contributed by atoms with Gasteiger partial charge in [0.25, 0.3) is 0 Å². The highest BCUT2D eigenvalue weighted by Gasteiger charge is 2.38. The number of unbranched alkanes of at least 4 members (excludes halogenated alkanes) is 1. The maximum absolute atomic E-state index is 10.6. The number of aliphatic carboxylic acids is 1. The van der Waals surface area contributed by atoms with Crippen molar-refractivity contribution in [2.75, 3.05) is 6.54 Å². The zero-order valence-electron chi connectivity index (χ0n) is 6.69. The number of carbonyl (C=O) groups is 1. The number of halogens is 3. The molecule has 0 heterocycles. The molecule has 0 atom stereocenters. The molecule has 0 aliphatic heterocycles. The second-order valence-corrected chi connectivity index (χ2v) is 1.95. The van der Waals surface area contributed by atoms with Gasteiger partial charge in [-0.2, -0.15) is 13.2 Å². The highest BCUT2D eigenvalue weighted by atomic mass is 19.4. The quantitative estimate of drug-likeness (QED) is 0.686. The van der Waals surface area contributed by atoms with Crippen LogP contribution in [0.5, 0.6) is 0 Å². The van der Waals surface area contributed by atoms with E-state index < -0.39 is 12.1 Å². The first-order valence-electron chi connectivity index (χ1n) is 3.36. The molecule has 3 N–H and O–H groups in total. The number of carboxylic acid groups (broad SMARTS) is 1.